The van der Waals surface area contributed by atoms with Crippen LogP contribution >= 0.6 is 0 Å². The van der Waals surface area contributed by atoms with Gasteiger partial charge >= 0.3 is 51.4 Å². The quantitative estimate of drug-likeness (QED) is 0.605. The Labute approximate surface area is 176 Å². The molecule has 2 rings (SSSR count). The molecule has 1 aromatic rings. The molecule has 0 spiro atoms. The molecule has 0 amide bonds. The average molecular weight is 345 g/mol. The molecule has 1 unspecified atom stereocenters. The molecule has 0 aliphatic heterocycles. The van der Waals surface area contributed by atoms with Crippen LogP contribution in [0, 0.1) is 17.8 Å². The first kappa shape index (κ1) is 20.3. The molecule has 1 aliphatic rings. The topological polar surface area (TPSA) is 57.2 Å². The van der Waals surface area contributed by atoms with Crippen LogP contribution in [0.25, 0.3) is 10.5 Å². The predicted octanol–water partition coefficient (Wildman–Crippen LogP) is 0.902. The second-order valence-corrected chi connectivity index (χ2v) is 7.50. The van der Waals surface area contributed by atoms with E-state index >= 15 is 0 Å². The van der Waals surface area contributed by atoms with Crippen molar-refractivity contribution in [1.29, 1.82) is 0 Å². The van der Waals surface area contributed by atoms with Crippen molar-refractivity contribution < 1.29 is 64.4 Å². The fourth-order valence-corrected chi connectivity index (χ4v) is 4.37. The molecule has 0 N–H and O–H groups in total. The van der Waals surface area contributed by atoms with E-state index in [0.717, 1.165) is 11.1 Å². The first-order valence-corrected chi connectivity index (χ1v) is 8.55. The Morgan fingerprint density at radius 2 is 1.59 bits per heavy atom. The summed E-state index contributed by atoms with van der Waals surface area (Å²) < 4.78 is 35.7. The summed E-state index contributed by atoms with van der Waals surface area (Å²) in [5.74, 6) is 0.0415. The van der Waals surface area contributed by atoms with Gasteiger partial charge in [0.05, 0.1) is 4.91 Å². The summed E-state index contributed by atoms with van der Waals surface area (Å²) in [6, 6.07) is 7.14. The minimum atomic E-state index is -4.53. The minimum Gasteiger partial charge on any atom is -0.744 e. The first-order chi connectivity index (χ1) is 9.66. The molecule has 0 aromatic heterocycles. The molecule has 1 aliphatic carbocycles. The zero-order chi connectivity index (χ0) is 15.9. The molecule has 0 fully saturated rings. The van der Waals surface area contributed by atoms with Gasteiger partial charge in [-0.25, -0.2) is 8.42 Å². The Kier molecular flexibility index (Phi) is 6.85. The van der Waals surface area contributed by atoms with E-state index in [1.807, 2.05) is 39.8 Å². The normalized spacial score (nSPS) is 18.5. The van der Waals surface area contributed by atoms with Crippen molar-refractivity contribution in [3.8, 4) is 0 Å². The van der Waals surface area contributed by atoms with Crippen molar-refractivity contribution in [3.05, 3.63) is 47.5 Å². The fraction of sp³-hybridized carbons (Fsp3) is 0.412. The van der Waals surface area contributed by atoms with Crippen LogP contribution in [-0.2, 0) is 10.1 Å². The Hall–Kier alpha value is 0.246. The second kappa shape index (κ2) is 7.43. The molecule has 0 bridgehead atoms. The van der Waals surface area contributed by atoms with Crippen LogP contribution in [0.2, 0.25) is 0 Å². The van der Waals surface area contributed by atoms with Gasteiger partial charge in [-0.3, -0.25) is 0 Å². The maximum absolute atomic E-state index is 11.9. The van der Waals surface area contributed by atoms with E-state index in [0.29, 0.717) is 11.1 Å². The summed E-state index contributed by atoms with van der Waals surface area (Å²) in [7, 11) is -4.53. The molecular formula is C17H21KO3S. The molecule has 0 saturated carbocycles. The number of benzene rings is 1. The molecule has 1 atom stereocenters. The molecule has 0 heterocycles. The van der Waals surface area contributed by atoms with Gasteiger partial charge in [-0.1, -0.05) is 58.5 Å². The van der Waals surface area contributed by atoms with E-state index in [1.54, 1.807) is 12.1 Å². The maximum Gasteiger partial charge on any atom is 1.00 e. The second-order valence-electron chi connectivity index (χ2n) is 6.19. The summed E-state index contributed by atoms with van der Waals surface area (Å²) >= 11 is 0. The van der Waals surface area contributed by atoms with Crippen LogP contribution in [0.1, 0.15) is 38.8 Å². The average Bonchev–Trinajstić information content (AvgIpc) is 2.36. The van der Waals surface area contributed by atoms with Gasteiger partial charge in [0.2, 0.25) is 0 Å². The molecule has 1 aromatic carbocycles. The van der Waals surface area contributed by atoms with Gasteiger partial charge in [0.25, 0.3) is 0 Å². The standard InChI is InChI=1S/C17H22O3S.K/c1-10(2)15-12(5)13-8-6-7-9-14(13)17(21(18,19)20)16(15)11(3)4;/h6-11,15H,5H2,1-4H3,(H,18,19,20);/q;+1/p-1. The van der Waals surface area contributed by atoms with Gasteiger partial charge in [-0.05, 0) is 34.1 Å². The Morgan fingerprint density at radius 1 is 1.09 bits per heavy atom. The van der Waals surface area contributed by atoms with Crippen molar-refractivity contribution in [2.45, 2.75) is 27.7 Å². The molecule has 114 valence electrons. The van der Waals surface area contributed by atoms with E-state index in [4.69, 9.17) is 0 Å². The molecule has 0 saturated heterocycles. The molecular weight excluding hydrogens is 323 g/mol. The number of hydrogen-bond acceptors (Lipinski definition) is 3. The van der Waals surface area contributed by atoms with Crippen molar-refractivity contribution in [2.24, 2.45) is 17.8 Å². The molecule has 22 heavy (non-hydrogen) atoms. The third-order valence-electron chi connectivity index (χ3n) is 4.03. The van der Waals surface area contributed by atoms with E-state index in [1.165, 1.54) is 0 Å². The van der Waals surface area contributed by atoms with Crippen LogP contribution in [0.15, 0.2) is 36.4 Å². The van der Waals surface area contributed by atoms with Crippen LogP contribution in [-0.4, -0.2) is 13.0 Å². The first-order valence-electron chi connectivity index (χ1n) is 7.14. The Morgan fingerprint density at radius 3 is 2.00 bits per heavy atom. The summed E-state index contributed by atoms with van der Waals surface area (Å²) in [6.07, 6.45) is 0. The van der Waals surface area contributed by atoms with E-state index in [2.05, 4.69) is 6.58 Å². The smallest absolute Gasteiger partial charge is 0.744 e. The van der Waals surface area contributed by atoms with E-state index < -0.39 is 10.1 Å². The minimum absolute atomic E-state index is 0. The predicted molar refractivity (Wildman–Crippen MR) is 85.3 cm³/mol. The van der Waals surface area contributed by atoms with Gasteiger partial charge in [-0.15, -0.1) is 0 Å². The van der Waals surface area contributed by atoms with Crippen LogP contribution < -0.4 is 51.4 Å². The summed E-state index contributed by atoms with van der Waals surface area (Å²) in [6.45, 7) is 12.1. The molecule has 5 heteroatoms. The van der Waals surface area contributed by atoms with Crippen molar-refractivity contribution >= 4 is 20.6 Å². The summed E-state index contributed by atoms with van der Waals surface area (Å²) in [4.78, 5) is -0.0424. The van der Waals surface area contributed by atoms with Gasteiger partial charge in [0, 0.05) is 5.92 Å². The largest absolute Gasteiger partial charge is 1.00 e. The van der Waals surface area contributed by atoms with Gasteiger partial charge in [0.15, 0.2) is 0 Å². The summed E-state index contributed by atoms with van der Waals surface area (Å²) in [5, 5.41) is 0. The monoisotopic (exact) mass is 344 g/mol. The van der Waals surface area contributed by atoms with Crippen molar-refractivity contribution in [3.63, 3.8) is 0 Å². The number of hydrogen-bond donors (Lipinski definition) is 0. The van der Waals surface area contributed by atoms with Gasteiger partial charge < -0.3 is 4.55 Å². The van der Waals surface area contributed by atoms with Crippen molar-refractivity contribution in [1.82, 2.24) is 0 Å². The third kappa shape index (κ3) is 3.66. The number of fused-ring (bicyclic) bond motifs is 1. The third-order valence-corrected chi connectivity index (χ3v) is 4.98. The fourth-order valence-electron chi connectivity index (χ4n) is 3.27. The van der Waals surface area contributed by atoms with Crippen LogP contribution in [0.3, 0.4) is 0 Å². The maximum atomic E-state index is 11.9. The zero-order valence-electron chi connectivity index (χ0n) is 13.9. The van der Waals surface area contributed by atoms with Crippen molar-refractivity contribution in [2.75, 3.05) is 0 Å². The number of allylic oxidation sites excluding steroid dienone is 2. The van der Waals surface area contributed by atoms with E-state index in [9.17, 15) is 13.0 Å². The van der Waals surface area contributed by atoms with Gasteiger partial charge in [-0.2, -0.15) is 0 Å². The van der Waals surface area contributed by atoms with Gasteiger partial charge in [0.1, 0.15) is 10.1 Å². The Bertz CT molecular complexity index is 715. The van der Waals surface area contributed by atoms with Crippen LogP contribution in [0.5, 0.6) is 0 Å². The summed E-state index contributed by atoms with van der Waals surface area (Å²) in [5.41, 5.74) is 2.87. The Balaban J connectivity index is 0.00000242. The van der Waals surface area contributed by atoms with Crippen LogP contribution in [0.4, 0.5) is 0 Å². The molecule has 0 radical (unpaired) electrons. The molecule has 3 nitrogen and oxygen atoms in total. The zero-order valence-corrected chi connectivity index (χ0v) is 17.8. The van der Waals surface area contributed by atoms with E-state index in [-0.39, 0.29) is 74.0 Å². The SMILES string of the molecule is C=C1c2ccccc2C(S(=O)(=O)[O-])=C(C(C)C)C1C(C)C.[K+]. The number of rotatable bonds is 3.